The summed E-state index contributed by atoms with van der Waals surface area (Å²) in [7, 11) is -0.371. The Hall–Kier alpha value is -5.36. The van der Waals surface area contributed by atoms with Crippen LogP contribution in [0.2, 0.25) is 0 Å². The number of nitrogens with zero attached hydrogens (tertiary/aromatic N) is 2. The Morgan fingerprint density at radius 1 is 0.633 bits per heavy atom. The molecule has 0 aliphatic carbocycles. The standard InChI is InChI=1S/C23H20N2O4S.C18H15P/c1-16-24-25-23(29-16)19-13-20(27-2)21(28-15-17-9-5-3-6-10-17)14-22(19)30(26)18-11-7-4-8-12-18;1-4-10-16(11-5-1)19(17-12-6-2-7-13-17)18-14-8-3-9-15-18/h3-14H,15H2,1-2H3;1-15H. The van der Waals surface area contributed by atoms with Gasteiger partial charge in [0.15, 0.2) is 11.5 Å². The van der Waals surface area contributed by atoms with Crippen LogP contribution in [0.15, 0.2) is 178 Å². The molecule has 0 fully saturated rings. The molecule has 1 unspecified atom stereocenters. The van der Waals surface area contributed by atoms with E-state index >= 15 is 0 Å². The molecule has 6 aromatic carbocycles. The first-order valence-corrected chi connectivity index (χ1v) is 18.2. The second-order valence-electron chi connectivity index (χ2n) is 10.8. The van der Waals surface area contributed by atoms with Gasteiger partial charge in [0.05, 0.1) is 28.4 Å². The van der Waals surface area contributed by atoms with E-state index in [2.05, 4.69) is 101 Å². The lowest BCUT2D eigenvalue weighted by atomic mass is 10.2. The zero-order valence-corrected chi connectivity index (χ0v) is 28.9. The first-order valence-electron chi connectivity index (χ1n) is 15.7. The summed E-state index contributed by atoms with van der Waals surface area (Å²) in [6.07, 6.45) is 0. The van der Waals surface area contributed by atoms with E-state index in [0.717, 1.165) is 5.56 Å². The summed E-state index contributed by atoms with van der Waals surface area (Å²) >= 11 is 0. The minimum atomic E-state index is -1.48. The van der Waals surface area contributed by atoms with Gasteiger partial charge < -0.3 is 13.9 Å². The Morgan fingerprint density at radius 2 is 1.12 bits per heavy atom. The summed E-state index contributed by atoms with van der Waals surface area (Å²) < 4.78 is 30.6. The molecule has 0 aliphatic rings. The Kier molecular flexibility index (Phi) is 11.4. The largest absolute Gasteiger partial charge is 0.493 e. The lowest BCUT2D eigenvalue weighted by Gasteiger charge is -2.18. The number of hydrogen-bond donors (Lipinski definition) is 0. The van der Waals surface area contributed by atoms with E-state index in [9.17, 15) is 4.21 Å². The molecule has 0 radical (unpaired) electrons. The molecule has 0 spiro atoms. The molecule has 0 bridgehead atoms. The van der Waals surface area contributed by atoms with E-state index in [1.165, 1.54) is 15.9 Å². The predicted molar refractivity (Wildman–Crippen MR) is 198 cm³/mol. The Morgan fingerprint density at radius 3 is 1.59 bits per heavy atom. The van der Waals surface area contributed by atoms with Crippen molar-refractivity contribution in [2.24, 2.45) is 0 Å². The smallest absolute Gasteiger partial charge is 0.249 e. The highest BCUT2D eigenvalue weighted by molar-refractivity contribution is 7.85. The van der Waals surface area contributed by atoms with Crippen LogP contribution in [0.3, 0.4) is 0 Å². The van der Waals surface area contributed by atoms with Crippen molar-refractivity contribution in [3.8, 4) is 23.0 Å². The van der Waals surface area contributed by atoms with Gasteiger partial charge in [-0.25, -0.2) is 4.21 Å². The van der Waals surface area contributed by atoms with Gasteiger partial charge in [-0.3, -0.25) is 0 Å². The predicted octanol–water partition coefficient (Wildman–Crippen LogP) is 8.24. The van der Waals surface area contributed by atoms with Crippen molar-refractivity contribution < 1.29 is 18.1 Å². The van der Waals surface area contributed by atoms with Gasteiger partial charge in [-0.1, -0.05) is 140 Å². The molecule has 1 aromatic heterocycles. The zero-order chi connectivity index (χ0) is 33.8. The quantitative estimate of drug-likeness (QED) is 0.135. The average molecular weight is 683 g/mol. The van der Waals surface area contributed by atoms with Gasteiger partial charge >= 0.3 is 0 Å². The SMILES string of the molecule is COc1cc(-c2nnc(C)o2)c(S(=O)c2ccccc2)cc1OCc1ccccc1.c1ccc(P(c2ccccc2)c2ccccc2)cc1. The van der Waals surface area contributed by atoms with Gasteiger partial charge in [0.1, 0.15) is 6.61 Å². The summed E-state index contributed by atoms with van der Waals surface area (Å²) in [6, 6.07) is 54.8. The van der Waals surface area contributed by atoms with Gasteiger partial charge in [0.25, 0.3) is 0 Å². The van der Waals surface area contributed by atoms with Crippen molar-refractivity contribution in [2.45, 2.75) is 23.3 Å². The van der Waals surface area contributed by atoms with Crippen molar-refractivity contribution in [1.29, 1.82) is 0 Å². The van der Waals surface area contributed by atoms with Crippen molar-refractivity contribution in [2.75, 3.05) is 7.11 Å². The fourth-order valence-corrected chi connectivity index (χ4v) is 8.65. The van der Waals surface area contributed by atoms with Crippen molar-refractivity contribution >= 4 is 34.6 Å². The first-order chi connectivity index (χ1) is 24.1. The van der Waals surface area contributed by atoms with Crippen LogP contribution in [0.4, 0.5) is 0 Å². The summed E-state index contributed by atoms with van der Waals surface area (Å²) in [4.78, 5) is 1.17. The Bertz CT molecular complexity index is 1990. The molecular weight excluding hydrogens is 648 g/mol. The van der Waals surface area contributed by atoms with Crippen LogP contribution in [-0.4, -0.2) is 21.5 Å². The summed E-state index contributed by atoms with van der Waals surface area (Å²) in [5.74, 6) is 1.68. The van der Waals surface area contributed by atoms with Gasteiger partial charge in [0.2, 0.25) is 11.8 Å². The van der Waals surface area contributed by atoms with Crippen LogP contribution in [-0.2, 0) is 17.4 Å². The van der Waals surface area contributed by atoms with Gasteiger partial charge in [-0.05, 0) is 47.6 Å². The van der Waals surface area contributed by atoms with Crippen LogP contribution in [0, 0.1) is 6.92 Å². The zero-order valence-electron chi connectivity index (χ0n) is 27.2. The number of methoxy groups -OCH3 is 1. The average Bonchev–Trinajstić information content (AvgIpc) is 3.61. The maximum atomic E-state index is 13.4. The fourth-order valence-electron chi connectivity index (χ4n) is 5.12. The summed E-state index contributed by atoms with van der Waals surface area (Å²) in [6.45, 7) is 2.06. The third kappa shape index (κ3) is 8.57. The number of rotatable bonds is 10. The Balaban J connectivity index is 0.000000188. The van der Waals surface area contributed by atoms with Gasteiger partial charge in [-0.2, -0.15) is 0 Å². The van der Waals surface area contributed by atoms with E-state index in [1.807, 2.05) is 60.7 Å². The van der Waals surface area contributed by atoms with E-state index in [1.54, 1.807) is 26.2 Å². The van der Waals surface area contributed by atoms with E-state index in [4.69, 9.17) is 13.9 Å². The van der Waals surface area contributed by atoms with Crippen LogP contribution in [0.1, 0.15) is 11.5 Å². The maximum Gasteiger partial charge on any atom is 0.249 e. The molecule has 7 rings (SSSR count). The topological polar surface area (TPSA) is 74.5 Å². The van der Waals surface area contributed by atoms with Crippen molar-refractivity contribution in [1.82, 2.24) is 10.2 Å². The third-order valence-corrected chi connectivity index (χ3v) is 11.3. The van der Waals surface area contributed by atoms with Gasteiger partial charge in [0, 0.05) is 17.9 Å². The highest BCUT2D eigenvalue weighted by Gasteiger charge is 2.22. The lowest BCUT2D eigenvalue weighted by molar-refractivity contribution is 0.283. The molecule has 0 saturated carbocycles. The molecular formula is C41H35N2O4PS. The lowest BCUT2D eigenvalue weighted by Crippen LogP contribution is -2.20. The third-order valence-electron chi connectivity index (χ3n) is 7.46. The number of ether oxygens (including phenoxy) is 2. The molecule has 8 heteroatoms. The van der Waals surface area contributed by atoms with Crippen LogP contribution in [0.5, 0.6) is 11.5 Å². The minimum absolute atomic E-state index is 0.277. The Labute approximate surface area is 290 Å². The summed E-state index contributed by atoms with van der Waals surface area (Å²) in [5.41, 5.74) is 1.56. The first kappa shape index (κ1) is 33.5. The normalized spacial score (nSPS) is 11.3. The molecule has 1 atom stereocenters. The minimum Gasteiger partial charge on any atom is -0.493 e. The highest BCUT2D eigenvalue weighted by Crippen LogP contribution is 2.39. The maximum absolute atomic E-state index is 13.4. The van der Waals surface area contributed by atoms with Crippen LogP contribution < -0.4 is 25.4 Å². The second-order valence-corrected chi connectivity index (χ2v) is 14.5. The highest BCUT2D eigenvalue weighted by atomic mass is 32.2. The fraction of sp³-hybridized carbons (Fsp3) is 0.0732. The number of hydrogen-bond acceptors (Lipinski definition) is 6. The monoisotopic (exact) mass is 682 g/mol. The summed E-state index contributed by atoms with van der Waals surface area (Å²) in [5, 5.41) is 12.2. The molecule has 0 saturated heterocycles. The molecule has 49 heavy (non-hydrogen) atoms. The number of benzene rings is 6. The second kappa shape index (κ2) is 16.6. The van der Waals surface area contributed by atoms with Crippen LogP contribution >= 0.6 is 7.92 Å². The van der Waals surface area contributed by atoms with E-state index in [-0.39, 0.29) is 5.89 Å². The molecule has 0 amide bonds. The van der Waals surface area contributed by atoms with Crippen molar-refractivity contribution in [3.63, 3.8) is 0 Å². The van der Waals surface area contributed by atoms with Gasteiger partial charge in [-0.15, -0.1) is 10.2 Å². The number of aromatic nitrogens is 2. The molecule has 1 heterocycles. The molecule has 0 N–H and O–H groups in total. The van der Waals surface area contributed by atoms with E-state index < -0.39 is 18.7 Å². The van der Waals surface area contributed by atoms with Crippen molar-refractivity contribution in [3.05, 3.63) is 175 Å². The van der Waals surface area contributed by atoms with E-state index in [0.29, 0.717) is 39.4 Å². The molecule has 7 aromatic rings. The molecule has 0 aliphatic heterocycles. The molecule has 244 valence electrons. The molecule has 6 nitrogen and oxygen atoms in total. The van der Waals surface area contributed by atoms with Crippen LogP contribution in [0.25, 0.3) is 11.5 Å². The number of aryl methyl sites for hydroxylation is 1.